The van der Waals surface area contributed by atoms with E-state index in [1.165, 1.54) is 4.90 Å². The SMILES string of the molecule is CSc1ccc(C(N(C)C)C2(C(=O)O)CC2)cc1. The standard InChI is InChI=1S/C14H19NO2S/c1-15(2)12(14(8-9-14)13(16)17)10-4-6-11(18-3)7-5-10/h4-7,12H,8-9H2,1-3H3,(H,16,17). The monoisotopic (exact) mass is 265 g/mol. The van der Waals surface area contributed by atoms with Gasteiger partial charge in [-0.3, -0.25) is 4.79 Å². The fourth-order valence-electron chi connectivity index (χ4n) is 2.64. The number of carboxylic acids is 1. The molecule has 1 saturated carbocycles. The van der Waals surface area contributed by atoms with Gasteiger partial charge in [0.1, 0.15) is 0 Å². The molecule has 0 radical (unpaired) electrons. The predicted molar refractivity (Wildman–Crippen MR) is 74.0 cm³/mol. The normalized spacial score (nSPS) is 18.7. The molecule has 0 amide bonds. The average Bonchev–Trinajstić information content (AvgIpc) is 3.11. The lowest BCUT2D eigenvalue weighted by Crippen LogP contribution is -2.33. The van der Waals surface area contributed by atoms with Crippen molar-refractivity contribution in [3.8, 4) is 0 Å². The van der Waals surface area contributed by atoms with Crippen LogP contribution in [0.2, 0.25) is 0 Å². The first kappa shape index (κ1) is 13.4. The number of hydrogen-bond acceptors (Lipinski definition) is 3. The fourth-order valence-corrected chi connectivity index (χ4v) is 3.04. The number of nitrogens with zero attached hydrogens (tertiary/aromatic N) is 1. The van der Waals surface area contributed by atoms with Gasteiger partial charge < -0.3 is 10.0 Å². The van der Waals surface area contributed by atoms with Gasteiger partial charge in [0, 0.05) is 4.90 Å². The number of carbonyl (C=O) groups is 1. The van der Waals surface area contributed by atoms with E-state index in [0.717, 1.165) is 18.4 Å². The van der Waals surface area contributed by atoms with Crippen molar-refractivity contribution >= 4 is 17.7 Å². The third-order valence-corrected chi connectivity index (χ3v) is 4.43. The quantitative estimate of drug-likeness (QED) is 0.831. The second-order valence-corrected chi connectivity index (χ2v) is 5.98. The van der Waals surface area contributed by atoms with Crippen molar-refractivity contribution < 1.29 is 9.90 Å². The Morgan fingerprint density at radius 2 is 1.89 bits per heavy atom. The highest BCUT2D eigenvalue weighted by Gasteiger charge is 2.57. The maximum Gasteiger partial charge on any atom is 0.311 e. The highest BCUT2D eigenvalue weighted by Crippen LogP contribution is 2.57. The molecule has 3 nitrogen and oxygen atoms in total. The Hall–Kier alpha value is -1.00. The summed E-state index contributed by atoms with van der Waals surface area (Å²) in [4.78, 5) is 14.7. The second kappa shape index (κ2) is 4.94. The first-order valence-corrected chi connectivity index (χ1v) is 7.27. The smallest absolute Gasteiger partial charge is 0.311 e. The molecule has 1 N–H and O–H groups in total. The van der Waals surface area contributed by atoms with Crippen LogP contribution in [-0.4, -0.2) is 36.3 Å². The summed E-state index contributed by atoms with van der Waals surface area (Å²) in [6.45, 7) is 0. The van der Waals surface area contributed by atoms with Gasteiger partial charge in [-0.15, -0.1) is 11.8 Å². The Labute approximate surface area is 112 Å². The van der Waals surface area contributed by atoms with E-state index in [4.69, 9.17) is 0 Å². The summed E-state index contributed by atoms with van der Waals surface area (Å²) in [5.74, 6) is -0.671. The minimum Gasteiger partial charge on any atom is -0.481 e. The number of thioether (sulfide) groups is 1. The molecule has 4 heteroatoms. The highest BCUT2D eigenvalue weighted by molar-refractivity contribution is 7.98. The molecule has 1 aromatic rings. The van der Waals surface area contributed by atoms with Crippen molar-refractivity contribution in [2.24, 2.45) is 5.41 Å². The van der Waals surface area contributed by atoms with Gasteiger partial charge in [0.05, 0.1) is 11.5 Å². The molecule has 1 aromatic carbocycles. The number of aliphatic carboxylic acids is 1. The molecule has 18 heavy (non-hydrogen) atoms. The van der Waals surface area contributed by atoms with Crippen LogP contribution in [0, 0.1) is 5.41 Å². The van der Waals surface area contributed by atoms with Crippen molar-refractivity contribution in [3.05, 3.63) is 29.8 Å². The van der Waals surface area contributed by atoms with Crippen molar-refractivity contribution in [1.82, 2.24) is 4.90 Å². The molecule has 1 unspecified atom stereocenters. The second-order valence-electron chi connectivity index (χ2n) is 5.10. The summed E-state index contributed by atoms with van der Waals surface area (Å²) < 4.78 is 0. The minimum atomic E-state index is -0.671. The lowest BCUT2D eigenvalue weighted by Gasteiger charge is -2.30. The van der Waals surface area contributed by atoms with E-state index in [1.54, 1.807) is 11.8 Å². The number of benzene rings is 1. The van der Waals surface area contributed by atoms with Gasteiger partial charge in [0.15, 0.2) is 0 Å². The van der Waals surface area contributed by atoms with E-state index >= 15 is 0 Å². The first-order valence-electron chi connectivity index (χ1n) is 6.05. The van der Waals surface area contributed by atoms with Crippen LogP contribution in [0.25, 0.3) is 0 Å². The molecule has 0 saturated heterocycles. The van der Waals surface area contributed by atoms with E-state index < -0.39 is 11.4 Å². The van der Waals surface area contributed by atoms with Crippen LogP contribution in [0.15, 0.2) is 29.2 Å². The maximum atomic E-state index is 11.5. The Morgan fingerprint density at radius 1 is 1.33 bits per heavy atom. The summed E-state index contributed by atoms with van der Waals surface area (Å²) in [7, 11) is 3.91. The zero-order valence-electron chi connectivity index (χ0n) is 11.0. The van der Waals surface area contributed by atoms with Gasteiger partial charge in [-0.1, -0.05) is 12.1 Å². The van der Waals surface area contributed by atoms with Crippen LogP contribution in [0.3, 0.4) is 0 Å². The molecule has 1 fully saturated rings. The third kappa shape index (κ3) is 2.27. The lowest BCUT2D eigenvalue weighted by atomic mass is 9.89. The summed E-state index contributed by atoms with van der Waals surface area (Å²) >= 11 is 1.70. The van der Waals surface area contributed by atoms with E-state index in [-0.39, 0.29) is 6.04 Å². The van der Waals surface area contributed by atoms with Gasteiger partial charge >= 0.3 is 5.97 Å². The Bertz CT molecular complexity index is 438. The molecular weight excluding hydrogens is 246 g/mol. The summed E-state index contributed by atoms with van der Waals surface area (Å²) in [5.41, 5.74) is 0.516. The van der Waals surface area contributed by atoms with Crippen LogP contribution in [0.5, 0.6) is 0 Å². The first-order chi connectivity index (χ1) is 8.51. The van der Waals surface area contributed by atoms with Gasteiger partial charge in [-0.2, -0.15) is 0 Å². The molecule has 1 atom stereocenters. The molecule has 1 aliphatic carbocycles. The number of hydrogen-bond donors (Lipinski definition) is 1. The molecular formula is C14H19NO2S. The van der Waals surface area contributed by atoms with Crippen molar-refractivity contribution in [3.63, 3.8) is 0 Å². The largest absolute Gasteiger partial charge is 0.481 e. The van der Waals surface area contributed by atoms with Crippen LogP contribution < -0.4 is 0 Å². The molecule has 0 bridgehead atoms. The number of carboxylic acid groups (broad SMARTS) is 1. The zero-order chi connectivity index (χ0) is 13.3. The summed E-state index contributed by atoms with van der Waals surface area (Å²) in [6, 6.07) is 8.20. The lowest BCUT2D eigenvalue weighted by molar-refractivity contribution is -0.146. The van der Waals surface area contributed by atoms with Crippen LogP contribution in [-0.2, 0) is 4.79 Å². The van der Waals surface area contributed by atoms with Crippen molar-refractivity contribution in [2.45, 2.75) is 23.8 Å². The average molecular weight is 265 g/mol. The number of rotatable bonds is 5. The molecule has 0 aromatic heterocycles. The molecule has 1 aliphatic rings. The fraction of sp³-hybridized carbons (Fsp3) is 0.500. The summed E-state index contributed by atoms with van der Waals surface area (Å²) in [5, 5.41) is 9.45. The van der Waals surface area contributed by atoms with Gasteiger partial charge in [0.2, 0.25) is 0 Å². The van der Waals surface area contributed by atoms with E-state index in [0.29, 0.717) is 0 Å². The van der Waals surface area contributed by atoms with Crippen molar-refractivity contribution in [1.29, 1.82) is 0 Å². The molecule has 0 heterocycles. The molecule has 98 valence electrons. The van der Waals surface area contributed by atoms with E-state index in [1.807, 2.05) is 25.3 Å². The highest BCUT2D eigenvalue weighted by atomic mass is 32.2. The minimum absolute atomic E-state index is 0.0362. The van der Waals surface area contributed by atoms with Crippen LogP contribution >= 0.6 is 11.8 Å². The molecule has 0 aliphatic heterocycles. The van der Waals surface area contributed by atoms with Gasteiger partial charge in [-0.05, 0) is 50.9 Å². The third-order valence-electron chi connectivity index (χ3n) is 3.69. The van der Waals surface area contributed by atoms with E-state index in [2.05, 4.69) is 24.3 Å². The predicted octanol–water partition coefficient (Wildman–Crippen LogP) is 2.88. The molecule has 0 spiro atoms. The van der Waals surface area contributed by atoms with Gasteiger partial charge in [-0.25, -0.2) is 0 Å². The zero-order valence-corrected chi connectivity index (χ0v) is 11.8. The van der Waals surface area contributed by atoms with Crippen LogP contribution in [0.4, 0.5) is 0 Å². The Balaban J connectivity index is 2.33. The van der Waals surface area contributed by atoms with E-state index in [9.17, 15) is 9.90 Å². The summed E-state index contributed by atoms with van der Waals surface area (Å²) in [6.07, 6.45) is 3.59. The van der Waals surface area contributed by atoms with Crippen molar-refractivity contribution in [2.75, 3.05) is 20.4 Å². The maximum absolute atomic E-state index is 11.5. The topological polar surface area (TPSA) is 40.5 Å². The van der Waals surface area contributed by atoms with Crippen LogP contribution in [0.1, 0.15) is 24.4 Å². The van der Waals surface area contributed by atoms with Gasteiger partial charge in [0.25, 0.3) is 0 Å². The Kier molecular flexibility index (Phi) is 3.69. The molecule has 2 rings (SSSR count). The Morgan fingerprint density at radius 3 is 2.22 bits per heavy atom.